The van der Waals surface area contributed by atoms with E-state index in [1.807, 2.05) is 18.2 Å². The van der Waals surface area contributed by atoms with Gasteiger partial charge in [-0.25, -0.2) is 0 Å². The highest BCUT2D eigenvalue weighted by molar-refractivity contribution is 5.92. The Balaban J connectivity index is 0.910. The maximum atomic E-state index is 15.6. The summed E-state index contributed by atoms with van der Waals surface area (Å²) in [7, 11) is 0. The van der Waals surface area contributed by atoms with E-state index in [9.17, 15) is 0 Å². The van der Waals surface area contributed by atoms with Crippen molar-refractivity contribution in [2.24, 2.45) is 29.6 Å². The first-order valence-corrected chi connectivity index (χ1v) is 27.7. The topological polar surface area (TPSA) is 35.5 Å². The Bertz CT molecular complexity index is 3070. The van der Waals surface area contributed by atoms with Gasteiger partial charge in [0.2, 0.25) is 0 Å². The molecule has 0 aromatic heterocycles. The van der Waals surface area contributed by atoms with Crippen LogP contribution < -0.4 is 4.74 Å². The van der Waals surface area contributed by atoms with Crippen molar-refractivity contribution in [2.45, 2.75) is 120 Å². The van der Waals surface area contributed by atoms with Crippen LogP contribution in [-0.2, 0) is 21.6 Å². The van der Waals surface area contributed by atoms with Crippen LogP contribution in [0.25, 0.3) is 5.57 Å². The highest BCUT2D eigenvalue weighted by atomic mass is 16.5. The molecule has 0 N–H and O–H groups in total. The summed E-state index contributed by atoms with van der Waals surface area (Å²) >= 11 is 0. The number of rotatable bonds is 10. The predicted molar refractivity (Wildman–Crippen MR) is 292 cm³/mol. The fourth-order valence-electron chi connectivity index (χ4n) is 15.1. The summed E-state index contributed by atoms with van der Waals surface area (Å²) in [6.07, 6.45) is 46.4. The number of para-hydroxylation sites is 1. The van der Waals surface area contributed by atoms with Gasteiger partial charge >= 0.3 is 5.97 Å². The van der Waals surface area contributed by atoms with Crippen LogP contribution >= 0.6 is 0 Å². The highest BCUT2D eigenvalue weighted by Gasteiger charge is 2.54. The van der Waals surface area contributed by atoms with Crippen LogP contribution in [0.3, 0.4) is 0 Å². The third-order valence-electron chi connectivity index (χ3n) is 18.4. The summed E-state index contributed by atoms with van der Waals surface area (Å²) in [5, 5.41) is 0. The highest BCUT2D eigenvalue weighted by Crippen LogP contribution is 2.64. The fourth-order valence-corrected chi connectivity index (χ4v) is 15.1. The van der Waals surface area contributed by atoms with Crippen molar-refractivity contribution in [1.82, 2.24) is 0 Å². The molecule has 9 atom stereocenters. The van der Waals surface area contributed by atoms with Gasteiger partial charge in [-0.05, 0) is 146 Å². The SMILES string of the molecule is O=C(OCc1ccccc1)C1C(c2cccc3c2C2CCCC=C2C3(C2=CCCCC2)c2ccccc2)=CCCC1C1=C(C2C=CC(C3C=CC(C4C=CC=CC4)=CC3)=CC2)CC2c3ccccc3OC2C1. The average molecular weight is 945 g/mol. The van der Waals surface area contributed by atoms with E-state index in [-0.39, 0.29) is 35.9 Å². The lowest BCUT2D eigenvalue weighted by molar-refractivity contribution is -0.149. The van der Waals surface area contributed by atoms with Gasteiger partial charge in [-0.3, -0.25) is 4.79 Å². The molecule has 1 heterocycles. The van der Waals surface area contributed by atoms with Gasteiger partial charge in [-0.2, -0.15) is 0 Å². The largest absolute Gasteiger partial charge is 0.489 e. The van der Waals surface area contributed by atoms with Gasteiger partial charge in [0.25, 0.3) is 0 Å². The first kappa shape index (κ1) is 45.4. The summed E-state index contributed by atoms with van der Waals surface area (Å²) in [6.45, 7) is 0.262. The number of fused-ring (bicyclic) bond motifs is 6. The summed E-state index contributed by atoms with van der Waals surface area (Å²) in [5.41, 5.74) is 17.8. The molecule has 0 saturated carbocycles. The molecule has 0 amide bonds. The van der Waals surface area contributed by atoms with Crippen molar-refractivity contribution in [1.29, 1.82) is 0 Å². The van der Waals surface area contributed by atoms with E-state index < -0.39 is 5.92 Å². The van der Waals surface area contributed by atoms with Crippen LogP contribution in [0, 0.1) is 29.6 Å². The van der Waals surface area contributed by atoms with Crippen molar-refractivity contribution in [2.75, 3.05) is 0 Å². The van der Waals surface area contributed by atoms with Crippen molar-refractivity contribution in [3.05, 3.63) is 249 Å². The Morgan fingerprint density at radius 2 is 1.42 bits per heavy atom. The summed E-state index contributed by atoms with van der Waals surface area (Å²) in [4.78, 5) is 15.6. The lowest BCUT2D eigenvalue weighted by Crippen LogP contribution is -2.36. The first-order valence-electron chi connectivity index (χ1n) is 27.7. The number of hydrogen-bond acceptors (Lipinski definition) is 3. The molecule has 0 bridgehead atoms. The Hall–Kier alpha value is -6.45. The maximum Gasteiger partial charge on any atom is 0.314 e. The minimum Gasteiger partial charge on any atom is -0.489 e. The first-order chi connectivity index (χ1) is 35.6. The molecule has 8 aliphatic carbocycles. The third kappa shape index (κ3) is 7.98. The molecule has 0 saturated heterocycles. The van der Waals surface area contributed by atoms with Crippen LogP contribution in [0.4, 0.5) is 0 Å². The van der Waals surface area contributed by atoms with Crippen molar-refractivity contribution in [3.8, 4) is 5.75 Å². The minimum absolute atomic E-state index is 0.0117. The normalized spacial score (nSPS) is 30.1. The zero-order valence-corrected chi connectivity index (χ0v) is 41.8. The minimum atomic E-state index is -0.447. The molecule has 72 heavy (non-hydrogen) atoms. The number of carbonyl (C=O) groups is 1. The van der Waals surface area contributed by atoms with Gasteiger partial charge in [0.15, 0.2) is 0 Å². The van der Waals surface area contributed by atoms with Crippen LogP contribution in [-0.4, -0.2) is 12.1 Å². The van der Waals surface area contributed by atoms with Crippen molar-refractivity contribution < 1.29 is 14.3 Å². The second-order valence-electron chi connectivity index (χ2n) is 22.1. The number of allylic oxidation sites excluding steroid dienone is 18. The summed E-state index contributed by atoms with van der Waals surface area (Å²) < 4.78 is 13.6. The molecule has 13 rings (SSSR count). The monoisotopic (exact) mass is 945 g/mol. The number of carbonyl (C=O) groups excluding carboxylic acids is 1. The molecular weight excluding hydrogens is 877 g/mol. The van der Waals surface area contributed by atoms with E-state index in [0.29, 0.717) is 23.7 Å². The number of benzene rings is 4. The van der Waals surface area contributed by atoms with Gasteiger partial charge in [-0.1, -0.05) is 193 Å². The average Bonchev–Trinajstić information content (AvgIpc) is 3.98. The van der Waals surface area contributed by atoms with E-state index in [2.05, 4.69) is 164 Å². The molecule has 9 aliphatic rings. The maximum absolute atomic E-state index is 15.6. The molecule has 0 radical (unpaired) electrons. The molecule has 0 fully saturated rings. The molecule has 9 unspecified atom stereocenters. The Morgan fingerprint density at radius 3 is 2.19 bits per heavy atom. The van der Waals surface area contributed by atoms with E-state index >= 15 is 4.79 Å². The fraction of sp³-hybridized carbons (Fsp3) is 0.348. The van der Waals surface area contributed by atoms with E-state index in [4.69, 9.17) is 9.47 Å². The van der Waals surface area contributed by atoms with Crippen LogP contribution in [0.1, 0.15) is 135 Å². The number of ether oxygens (including phenoxy) is 2. The predicted octanol–water partition coefficient (Wildman–Crippen LogP) is 16.6. The van der Waals surface area contributed by atoms with E-state index in [1.165, 1.54) is 74.9 Å². The number of esters is 1. The quantitative estimate of drug-likeness (QED) is 0.117. The lowest BCUT2D eigenvalue weighted by atomic mass is 9.63. The molecule has 3 heteroatoms. The van der Waals surface area contributed by atoms with Crippen LogP contribution in [0.5, 0.6) is 5.75 Å². The van der Waals surface area contributed by atoms with Crippen LogP contribution in [0.2, 0.25) is 0 Å². The van der Waals surface area contributed by atoms with Crippen LogP contribution in [0.15, 0.2) is 216 Å². The van der Waals surface area contributed by atoms with E-state index in [1.54, 1.807) is 11.1 Å². The summed E-state index contributed by atoms with van der Waals surface area (Å²) in [5.74, 6) is 2.20. The molecule has 1 aliphatic heterocycles. The van der Waals surface area contributed by atoms with Gasteiger partial charge in [0.1, 0.15) is 18.5 Å². The molecule has 4 aromatic carbocycles. The van der Waals surface area contributed by atoms with Gasteiger partial charge in [0.05, 0.1) is 11.3 Å². The lowest BCUT2D eigenvalue weighted by Gasteiger charge is -2.41. The molecule has 4 aromatic rings. The smallest absolute Gasteiger partial charge is 0.314 e. The zero-order valence-electron chi connectivity index (χ0n) is 41.8. The second-order valence-corrected chi connectivity index (χ2v) is 22.1. The Labute approximate surface area is 427 Å². The Morgan fingerprint density at radius 1 is 0.639 bits per heavy atom. The van der Waals surface area contributed by atoms with Gasteiger partial charge in [0, 0.05) is 41.6 Å². The standard InChI is InChI=1S/C69H68O3/c70-68(71-45-46-19-5-1-6-20-46)67-56(55-31-18-33-63-66(55)58-28-13-15-32-62(58)69(63,52-23-9-3-10-24-52)53-25-11-4-12-26-53)29-17-30-57(67)60-44-65-61(54-27-14-16-34-64(54)72-65)43-59(60)51-41-39-50(40-42-51)49-37-35-48(36-38-49)47-21-7-2-8-22-47/h1-3,5-10,14,16,18-21,23-25,27,29,31-37,39-41,47,49,51,57-58,61,65,67H,4,11-13,15,17,22,26,28,30,38,42-45H2. The van der Waals surface area contributed by atoms with Crippen molar-refractivity contribution in [3.63, 3.8) is 0 Å². The number of hydrogen-bond donors (Lipinski definition) is 0. The van der Waals surface area contributed by atoms with Gasteiger partial charge < -0.3 is 9.47 Å². The van der Waals surface area contributed by atoms with Crippen molar-refractivity contribution >= 4 is 11.5 Å². The summed E-state index contributed by atoms with van der Waals surface area (Å²) in [6, 6.07) is 37.6. The van der Waals surface area contributed by atoms with E-state index in [0.717, 1.165) is 81.9 Å². The Kier molecular flexibility index (Phi) is 12.3. The molecular formula is C69H68O3. The van der Waals surface area contributed by atoms with Gasteiger partial charge in [-0.15, -0.1) is 0 Å². The molecule has 0 spiro atoms. The zero-order chi connectivity index (χ0) is 48.0. The molecule has 3 nitrogen and oxygen atoms in total. The molecule has 362 valence electrons. The second kappa shape index (κ2) is 19.5. The third-order valence-corrected chi connectivity index (χ3v) is 18.4.